The van der Waals surface area contributed by atoms with E-state index >= 15 is 0 Å². The van der Waals surface area contributed by atoms with E-state index in [4.69, 9.17) is 14.2 Å². The maximum absolute atomic E-state index is 5.72. The summed E-state index contributed by atoms with van der Waals surface area (Å²) in [5.41, 5.74) is 0. The van der Waals surface area contributed by atoms with Gasteiger partial charge in [-0.25, -0.2) is 0 Å². The Bertz CT molecular complexity index is 377. The van der Waals surface area contributed by atoms with Gasteiger partial charge in [0.05, 0.1) is 13.7 Å². The highest BCUT2D eigenvalue weighted by Gasteiger charge is 2.21. The number of rotatable bonds is 7. The molecule has 19 heavy (non-hydrogen) atoms. The van der Waals surface area contributed by atoms with Gasteiger partial charge in [0.1, 0.15) is 6.61 Å². The summed E-state index contributed by atoms with van der Waals surface area (Å²) >= 11 is 0. The van der Waals surface area contributed by atoms with Crippen molar-refractivity contribution in [2.75, 3.05) is 33.5 Å². The molecular weight excluding hydrogens is 242 g/mol. The predicted octanol–water partition coefficient (Wildman–Crippen LogP) is 2.09. The van der Waals surface area contributed by atoms with Crippen molar-refractivity contribution >= 4 is 0 Å². The molecule has 0 bridgehead atoms. The lowest BCUT2D eigenvalue weighted by atomic mass is 10.0. The Hall–Kier alpha value is -1.26. The minimum absolute atomic E-state index is 0.476. The van der Waals surface area contributed by atoms with E-state index in [-0.39, 0.29) is 0 Å². The zero-order valence-electron chi connectivity index (χ0n) is 11.7. The highest BCUT2D eigenvalue weighted by Crippen LogP contribution is 2.25. The standard InChI is InChI=1S/C15H23NO3/c1-12(13-7-9-18-11-13)16-8-10-19-15-6-4-3-5-14(15)17-2/h3-6,12-13,16H,7-11H2,1-2H3. The third-order valence-corrected chi connectivity index (χ3v) is 3.57. The molecule has 2 rings (SSSR count). The lowest BCUT2D eigenvalue weighted by Gasteiger charge is -2.19. The highest BCUT2D eigenvalue weighted by molar-refractivity contribution is 5.39. The Morgan fingerprint density at radius 1 is 1.37 bits per heavy atom. The number of para-hydroxylation sites is 2. The van der Waals surface area contributed by atoms with E-state index in [9.17, 15) is 0 Å². The molecule has 1 aliphatic heterocycles. The van der Waals surface area contributed by atoms with Crippen molar-refractivity contribution in [3.8, 4) is 11.5 Å². The zero-order chi connectivity index (χ0) is 13.5. The summed E-state index contributed by atoms with van der Waals surface area (Å²) in [6.07, 6.45) is 1.15. The maximum atomic E-state index is 5.72. The maximum Gasteiger partial charge on any atom is 0.161 e. The Kier molecular flexibility index (Phi) is 5.48. The molecule has 0 spiro atoms. The fraction of sp³-hybridized carbons (Fsp3) is 0.600. The second kappa shape index (κ2) is 7.36. The molecule has 1 aliphatic rings. The average molecular weight is 265 g/mol. The molecule has 1 aromatic carbocycles. The van der Waals surface area contributed by atoms with E-state index in [0.29, 0.717) is 18.6 Å². The van der Waals surface area contributed by atoms with Crippen molar-refractivity contribution in [1.29, 1.82) is 0 Å². The van der Waals surface area contributed by atoms with Crippen LogP contribution < -0.4 is 14.8 Å². The van der Waals surface area contributed by atoms with Crippen LogP contribution in [0.2, 0.25) is 0 Å². The van der Waals surface area contributed by atoms with Gasteiger partial charge in [-0.2, -0.15) is 0 Å². The molecule has 0 aromatic heterocycles. The van der Waals surface area contributed by atoms with E-state index in [0.717, 1.165) is 37.7 Å². The second-order valence-electron chi connectivity index (χ2n) is 4.87. The normalized spacial score (nSPS) is 20.2. The van der Waals surface area contributed by atoms with Gasteiger partial charge in [-0.1, -0.05) is 12.1 Å². The Morgan fingerprint density at radius 3 is 2.84 bits per heavy atom. The molecule has 2 atom stereocenters. The summed E-state index contributed by atoms with van der Waals surface area (Å²) in [4.78, 5) is 0. The van der Waals surface area contributed by atoms with Gasteiger partial charge in [-0.3, -0.25) is 0 Å². The molecule has 1 aromatic rings. The molecule has 106 valence electrons. The van der Waals surface area contributed by atoms with Crippen molar-refractivity contribution < 1.29 is 14.2 Å². The zero-order valence-corrected chi connectivity index (χ0v) is 11.7. The summed E-state index contributed by atoms with van der Waals surface area (Å²) < 4.78 is 16.4. The van der Waals surface area contributed by atoms with Gasteiger partial charge >= 0.3 is 0 Å². The Labute approximate surface area is 115 Å². The van der Waals surface area contributed by atoms with Crippen LogP contribution in [0.25, 0.3) is 0 Å². The van der Waals surface area contributed by atoms with Crippen molar-refractivity contribution in [1.82, 2.24) is 5.32 Å². The predicted molar refractivity (Wildman–Crippen MR) is 74.9 cm³/mol. The summed E-state index contributed by atoms with van der Waals surface area (Å²) in [5, 5.41) is 3.49. The van der Waals surface area contributed by atoms with Gasteiger partial charge in [0.15, 0.2) is 11.5 Å². The monoisotopic (exact) mass is 265 g/mol. The van der Waals surface area contributed by atoms with E-state index in [2.05, 4.69) is 12.2 Å². The van der Waals surface area contributed by atoms with E-state index in [1.54, 1.807) is 7.11 Å². The molecular formula is C15H23NO3. The lowest BCUT2D eigenvalue weighted by molar-refractivity contribution is 0.177. The van der Waals surface area contributed by atoms with Gasteiger partial charge in [-0.15, -0.1) is 0 Å². The minimum Gasteiger partial charge on any atom is -0.493 e. The minimum atomic E-state index is 0.476. The van der Waals surface area contributed by atoms with Crippen molar-refractivity contribution in [3.63, 3.8) is 0 Å². The topological polar surface area (TPSA) is 39.7 Å². The summed E-state index contributed by atoms with van der Waals surface area (Å²) in [5.74, 6) is 2.20. The first kappa shape index (κ1) is 14.2. The molecule has 1 N–H and O–H groups in total. The van der Waals surface area contributed by atoms with Crippen LogP contribution in [0.3, 0.4) is 0 Å². The van der Waals surface area contributed by atoms with E-state index in [1.165, 1.54) is 0 Å². The van der Waals surface area contributed by atoms with Crippen LogP contribution in [0.15, 0.2) is 24.3 Å². The van der Waals surface area contributed by atoms with Gasteiger partial charge in [0.2, 0.25) is 0 Å². The molecule has 1 fully saturated rings. The SMILES string of the molecule is COc1ccccc1OCCNC(C)C1CCOC1. The van der Waals surface area contributed by atoms with Crippen LogP contribution >= 0.6 is 0 Å². The molecule has 0 aliphatic carbocycles. The average Bonchev–Trinajstić information content (AvgIpc) is 2.98. The molecule has 1 saturated heterocycles. The first-order valence-electron chi connectivity index (χ1n) is 6.88. The molecule has 0 amide bonds. The summed E-state index contributed by atoms with van der Waals surface area (Å²) in [7, 11) is 1.66. The van der Waals surface area contributed by atoms with Crippen LogP contribution in [-0.2, 0) is 4.74 Å². The van der Waals surface area contributed by atoms with E-state index in [1.807, 2.05) is 24.3 Å². The van der Waals surface area contributed by atoms with Gasteiger partial charge in [0, 0.05) is 19.2 Å². The van der Waals surface area contributed by atoms with Crippen molar-refractivity contribution in [2.24, 2.45) is 5.92 Å². The number of hydrogen-bond acceptors (Lipinski definition) is 4. The third kappa shape index (κ3) is 4.11. The van der Waals surface area contributed by atoms with Gasteiger partial charge in [-0.05, 0) is 31.4 Å². The third-order valence-electron chi connectivity index (χ3n) is 3.57. The highest BCUT2D eigenvalue weighted by atomic mass is 16.5. The van der Waals surface area contributed by atoms with Crippen molar-refractivity contribution in [2.45, 2.75) is 19.4 Å². The fourth-order valence-corrected chi connectivity index (χ4v) is 2.30. The molecule has 4 nitrogen and oxygen atoms in total. The van der Waals surface area contributed by atoms with Crippen LogP contribution in [0.5, 0.6) is 11.5 Å². The molecule has 4 heteroatoms. The Morgan fingerprint density at radius 2 is 2.16 bits per heavy atom. The van der Waals surface area contributed by atoms with Crippen molar-refractivity contribution in [3.05, 3.63) is 24.3 Å². The molecule has 1 heterocycles. The number of hydrogen-bond donors (Lipinski definition) is 1. The summed E-state index contributed by atoms with van der Waals surface area (Å²) in [6.45, 7) is 5.45. The van der Waals surface area contributed by atoms with Gasteiger partial charge < -0.3 is 19.5 Å². The molecule has 0 radical (unpaired) electrons. The first-order chi connectivity index (χ1) is 9.31. The second-order valence-corrected chi connectivity index (χ2v) is 4.87. The largest absolute Gasteiger partial charge is 0.493 e. The van der Waals surface area contributed by atoms with Crippen LogP contribution in [0.1, 0.15) is 13.3 Å². The fourth-order valence-electron chi connectivity index (χ4n) is 2.30. The van der Waals surface area contributed by atoms with E-state index < -0.39 is 0 Å². The van der Waals surface area contributed by atoms with Crippen LogP contribution in [-0.4, -0.2) is 39.5 Å². The molecule has 0 saturated carbocycles. The number of ether oxygens (including phenoxy) is 3. The van der Waals surface area contributed by atoms with Crippen LogP contribution in [0, 0.1) is 5.92 Å². The Balaban J connectivity index is 1.68. The first-order valence-corrected chi connectivity index (χ1v) is 6.88. The quantitative estimate of drug-likeness (QED) is 0.766. The number of benzene rings is 1. The molecule has 2 unspecified atom stereocenters. The lowest BCUT2D eigenvalue weighted by Crippen LogP contribution is -2.36. The number of nitrogens with one attached hydrogen (secondary N) is 1. The number of methoxy groups -OCH3 is 1. The summed E-state index contributed by atoms with van der Waals surface area (Å²) in [6, 6.07) is 8.19. The van der Waals surface area contributed by atoms with Crippen LogP contribution in [0.4, 0.5) is 0 Å². The smallest absolute Gasteiger partial charge is 0.161 e. The van der Waals surface area contributed by atoms with Gasteiger partial charge in [0.25, 0.3) is 0 Å².